The van der Waals surface area contributed by atoms with Crippen molar-refractivity contribution in [2.45, 2.75) is 37.8 Å². The number of nitrogens with zero attached hydrogens (tertiary/aromatic N) is 3. The van der Waals surface area contributed by atoms with Gasteiger partial charge in [-0.1, -0.05) is 23.9 Å². The van der Waals surface area contributed by atoms with Crippen LogP contribution >= 0.6 is 11.8 Å². The molecule has 1 aromatic carbocycles. The van der Waals surface area contributed by atoms with Gasteiger partial charge in [-0.3, -0.25) is 4.79 Å². The van der Waals surface area contributed by atoms with Crippen LogP contribution in [0.2, 0.25) is 0 Å². The largest absolute Gasteiger partial charge is 0.416 e. The fourth-order valence-corrected chi connectivity index (χ4v) is 2.76. The number of benzene rings is 1. The van der Waals surface area contributed by atoms with E-state index in [1.165, 1.54) is 23.9 Å². The Morgan fingerprint density at radius 1 is 1.29 bits per heavy atom. The maximum atomic E-state index is 12.5. The maximum absolute atomic E-state index is 12.5. The highest BCUT2D eigenvalue weighted by molar-refractivity contribution is 7.99. The number of rotatable bonds is 6. The van der Waals surface area contributed by atoms with E-state index >= 15 is 0 Å². The van der Waals surface area contributed by atoms with Gasteiger partial charge in [-0.05, 0) is 31.5 Å². The summed E-state index contributed by atoms with van der Waals surface area (Å²) in [5, 5.41) is 11.1. The zero-order chi connectivity index (χ0) is 17.7. The number of nitrogens with one attached hydrogen (secondary N) is 1. The first-order chi connectivity index (χ1) is 11.3. The SMILES string of the molecule is CC(C)n1cnnc1SCC(=O)NCc1ccc(C(F)(F)F)cc1. The average Bonchev–Trinajstić information content (AvgIpc) is 2.99. The number of aromatic nitrogens is 3. The number of carbonyl (C=O) groups is 1. The van der Waals surface area contributed by atoms with E-state index in [4.69, 9.17) is 0 Å². The number of amides is 1. The van der Waals surface area contributed by atoms with Gasteiger partial charge in [-0.25, -0.2) is 0 Å². The summed E-state index contributed by atoms with van der Waals surface area (Å²) in [6.07, 6.45) is -2.75. The van der Waals surface area contributed by atoms with Gasteiger partial charge in [0.05, 0.1) is 11.3 Å². The van der Waals surface area contributed by atoms with E-state index in [9.17, 15) is 18.0 Å². The molecule has 24 heavy (non-hydrogen) atoms. The van der Waals surface area contributed by atoms with Gasteiger partial charge in [0.15, 0.2) is 5.16 Å². The van der Waals surface area contributed by atoms with Crippen LogP contribution < -0.4 is 5.32 Å². The maximum Gasteiger partial charge on any atom is 0.416 e. The molecule has 1 amide bonds. The fraction of sp³-hybridized carbons (Fsp3) is 0.400. The highest BCUT2D eigenvalue weighted by Gasteiger charge is 2.29. The normalized spacial score (nSPS) is 11.8. The molecule has 1 aromatic heterocycles. The molecule has 0 fully saturated rings. The van der Waals surface area contributed by atoms with Gasteiger partial charge < -0.3 is 9.88 Å². The first-order valence-electron chi connectivity index (χ1n) is 7.22. The van der Waals surface area contributed by atoms with Gasteiger partial charge in [-0.2, -0.15) is 13.2 Å². The van der Waals surface area contributed by atoms with Gasteiger partial charge in [-0.15, -0.1) is 10.2 Å². The molecule has 2 rings (SSSR count). The van der Waals surface area contributed by atoms with E-state index < -0.39 is 11.7 Å². The topological polar surface area (TPSA) is 59.8 Å². The lowest BCUT2D eigenvalue weighted by atomic mass is 10.1. The van der Waals surface area contributed by atoms with Crippen molar-refractivity contribution in [3.63, 3.8) is 0 Å². The van der Waals surface area contributed by atoms with Crippen LogP contribution in [0.1, 0.15) is 31.0 Å². The molecule has 5 nitrogen and oxygen atoms in total. The second-order valence-electron chi connectivity index (χ2n) is 5.37. The Labute approximate surface area is 141 Å². The summed E-state index contributed by atoms with van der Waals surface area (Å²) in [4.78, 5) is 11.8. The van der Waals surface area contributed by atoms with E-state index in [2.05, 4.69) is 15.5 Å². The molecule has 0 bridgehead atoms. The molecular weight excluding hydrogens is 341 g/mol. The van der Waals surface area contributed by atoms with Crippen molar-refractivity contribution in [2.75, 3.05) is 5.75 Å². The van der Waals surface area contributed by atoms with Crippen LogP contribution in [0.4, 0.5) is 13.2 Å². The molecule has 2 aromatic rings. The number of thioether (sulfide) groups is 1. The number of hydrogen-bond acceptors (Lipinski definition) is 4. The molecule has 0 saturated heterocycles. The number of alkyl halides is 3. The lowest BCUT2D eigenvalue weighted by Crippen LogP contribution is -2.24. The monoisotopic (exact) mass is 358 g/mol. The molecule has 130 valence electrons. The van der Waals surface area contributed by atoms with Crippen molar-refractivity contribution in [2.24, 2.45) is 0 Å². The second kappa shape index (κ2) is 7.69. The summed E-state index contributed by atoms with van der Waals surface area (Å²) >= 11 is 1.26. The van der Waals surface area contributed by atoms with Crippen molar-refractivity contribution in [3.05, 3.63) is 41.7 Å². The summed E-state index contributed by atoms with van der Waals surface area (Å²) in [7, 11) is 0. The van der Waals surface area contributed by atoms with Crippen LogP contribution in [0.3, 0.4) is 0 Å². The Morgan fingerprint density at radius 2 is 1.96 bits per heavy atom. The van der Waals surface area contributed by atoms with Crippen molar-refractivity contribution < 1.29 is 18.0 Å². The first-order valence-corrected chi connectivity index (χ1v) is 8.21. The Kier molecular flexibility index (Phi) is 5.87. The third-order valence-electron chi connectivity index (χ3n) is 3.20. The van der Waals surface area contributed by atoms with Crippen molar-refractivity contribution >= 4 is 17.7 Å². The molecule has 0 spiro atoms. The predicted octanol–water partition coefficient (Wildman–Crippen LogP) is 3.29. The fourth-order valence-electron chi connectivity index (χ4n) is 1.88. The van der Waals surface area contributed by atoms with Crippen molar-refractivity contribution in [1.29, 1.82) is 0 Å². The van der Waals surface area contributed by atoms with Gasteiger partial charge in [0.2, 0.25) is 5.91 Å². The molecule has 1 heterocycles. The highest BCUT2D eigenvalue weighted by atomic mass is 32.2. The van der Waals surface area contributed by atoms with Crippen LogP contribution in [-0.2, 0) is 17.5 Å². The zero-order valence-electron chi connectivity index (χ0n) is 13.2. The van der Waals surface area contributed by atoms with E-state index in [0.717, 1.165) is 12.1 Å². The molecule has 0 saturated carbocycles. The zero-order valence-corrected chi connectivity index (χ0v) is 14.0. The molecule has 0 aliphatic heterocycles. The van der Waals surface area contributed by atoms with Crippen LogP contribution in [0.25, 0.3) is 0 Å². The summed E-state index contributed by atoms with van der Waals surface area (Å²) in [6.45, 7) is 4.14. The minimum absolute atomic E-state index is 0.159. The van der Waals surface area contributed by atoms with Gasteiger partial charge in [0.25, 0.3) is 0 Å². The second-order valence-corrected chi connectivity index (χ2v) is 6.32. The average molecular weight is 358 g/mol. The van der Waals surface area contributed by atoms with Gasteiger partial charge >= 0.3 is 6.18 Å². The minimum Gasteiger partial charge on any atom is -0.351 e. The van der Waals surface area contributed by atoms with Crippen molar-refractivity contribution in [3.8, 4) is 0 Å². The quantitative estimate of drug-likeness (QED) is 0.805. The Balaban J connectivity index is 1.82. The predicted molar refractivity (Wildman–Crippen MR) is 84.4 cm³/mol. The number of carbonyl (C=O) groups excluding carboxylic acids is 1. The summed E-state index contributed by atoms with van der Waals surface area (Å²) in [5.41, 5.74) is -0.104. The Morgan fingerprint density at radius 3 is 2.54 bits per heavy atom. The molecule has 9 heteroatoms. The molecule has 0 unspecified atom stereocenters. The van der Waals surface area contributed by atoms with Crippen LogP contribution in [-0.4, -0.2) is 26.4 Å². The molecule has 0 aliphatic carbocycles. The lowest BCUT2D eigenvalue weighted by molar-refractivity contribution is -0.137. The molecule has 0 aliphatic rings. The summed E-state index contributed by atoms with van der Waals surface area (Å²) < 4.78 is 39.3. The molecule has 0 radical (unpaired) electrons. The smallest absolute Gasteiger partial charge is 0.351 e. The standard InChI is InChI=1S/C15H17F3N4OS/c1-10(2)22-9-20-21-14(22)24-8-13(23)19-7-11-3-5-12(6-4-11)15(16,17)18/h3-6,9-10H,7-8H2,1-2H3,(H,19,23). The van der Waals surface area contributed by atoms with E-state index in [1.807, 2.05) is 18.4 Å². The highest BCUT2D eigenvalue weighted by Crippen LogP contribution is 2.29. The van der Waals surface area contributed by atoms with E-state index in [-0.39, 0.29) is 24.2 Å². The molecule has 0 atom stereocenters. The van der Waals surface area contributed by atoms with E-state index in [1.54, 1.807) is 6.33 Å². The van der Waals surface area contributed by atoms with Crippen LogP contribution in [0, 0.1) is 0 Å². The van der Waals surface area contributed by atoms with E-state index in [0.29, 0.717) is 10.7 Å². The lowest BCUT2D eigenvalue weighted by Gasteiger charge is -2.10. The van der Waals surface area contributed by atoms with Crippen LogP contribution in [0.15, 0.2) is 35.7 Å². The minimum atomic E-state index is -4.36. The third-order valence-corrected chi connectivity index (χ3v) is 4.16. The molecule has 1 N–H and O–H groups in total. The Hall–Kier alpha value is -2.03. The third kappa shape index (κ3) is 4.98. The van der Waals surface area contributed by atoms with Gasteiger partial charge in [0, 0.05) is 12.6 Å². The summed E-state index contributed by atoms with van der Waals surface area (Å²) in [5.74, 6) is -0.0651. The summed E-state index contributed by atoms with van der Waals surface area (Å²) in [6, 6.07) is 4.90. The van der Waals surface area contributed by atoms with Crippen molar-refractivity contribution in [1.82, 2.24) is 20.1 Å². The van der Waals surface area contributed by atoms with Crippen LogP contribution in [0.5, 0.6) is 0 Å². The number of halogens is 3. The Bertz CT molecular complexity index is 683. The number of hydrogen-bond donors (Lipinski definition) is 1. The first kappa shape index (κ1) is 18.3. The van der Waals surface area contributed by atoms with Gasteiger partial charge in [0.1, 0.15) is 6.33 Å². The molecular formula is C15H17F3N4OS.